The van der Waals surface area contributed by atoms with E-state index in [-0.39, 0.29) is 5.41 Å². The topological polar surface area (TPSA) is 8.17 Å². The van der Waals surface area contributed by atoms with E-state index in [4.69, 9.17) is 0 Å². The standard InChI is InChI=1S/C38H28N2S/c1-38(2)31-13-8-9-26-22-27-21-24(15-17-32(27)40(36(26)31)35-19-20-41-37(35)38)25-16-18-34-30(23-25)29-12-6-7-14-33(29)39(34)28-10-4-3-5-11-28/h3-21,23H,22H2,1-2H3. The average Bonchev–Trinajstić information content (AvgIpc) is 3.63. The highest BCUT2D eigenvalue weighted by atomic mass is 32.1. The third kappa shape index (κ3) is 3.13. The monoisotopic (exact) mass is 544 g/mol. The summed E-state index contributed by atoms with van der Waals surface area (Å²) in [6.07, 6.45) is 0.952. The zero-order valence-electron chi connectivity index (χ0n) is 23.1. The van der Waals surface area contributed by atoms with Gasteiger partial charge in [-0.3, -0.25) is 0 Å². The highest BCUT2D eigenvalue weighted by Crippen LogP contribution is 2.57. The SMILES string of the molecule is CC1(C)c2cccc3c2N(c2ccc(-c4ccc5c(c4)c4ccccc4n5-c4ccccc4)cc2C3)c2ccsc21. The molecular formula is C38H28N2S. The van der Waals surface area contributed by atoms with Crippen molar-refractivity contribution in [1.82, 2.24) is 4.57 Å². The van der Waals surface area contributed by atoms with Crippen LogP contribution in [0.2, 0.25) is 0 Å². The first kappa shape index (κ1) is 23.1. The largest absolute Gasteiger partial charge is 0.309 e. The Morgan fingerprint density at radius 3 is 2.32 bits per heavy atom. The Morgan fingerprint density at radius 1 is 0.634 bits per heavy atom. The number of nitrogens with zero attached hydrogens (tertiary/aromatic N) is 2. The number of hydrogen-bond donors (Lipinski definition) is 0. The maximum absolute atomic E-state index is 2.53. The number of anilines is 3. The van der Waals surface area contributed by atoms with Crippen molar-refractivity contribution in [3.63, 3.8) is 0 Å². The van der Waals surface area contributed by atoms with E-state index >= 15 is 0 Å². The second kappa shape index (κ2) is 8.22. The van der Waals surface area contributed by atoms with Gasteiger partial charge in [-0.1, -0.05) is 80.6 Å². The summed E-state index contributed by atoms with van der Waals surface area (Å²) >= 11 is 1.88. The molecule has 196 valence electrons. The van der Waals surface area contributed by atoms with Gasteiger partial charge in [0.1, 0.15) is 0 Å². The van der Waals surface area contributed by atoms with E-state index in [0.29, 0.717) is 0 Å². The van der Waals surface area contributed by atoms with Gasteiger partial charge in [0.25, 0.3) is 0 Å². The fraction of sp³-hybridized carbons (Fsp3) is 0.105. The molecule has 0 radical (unpaired) electrons. The predicted molar refractivity (Wildman–Crippen MR) is 174 cm³/mol. The van der Waals surface area contributed by atoms with Crippen molar-refractivity contribution in [2.45, 2.75) is 25.7 Å². The Bertz CT molecular complexity index is 2160. The summed E-state index contributed by atoms with van der Waals surface area (Å²) < 4.78 is 2.38. The molecule has 0 bridgehead atoms. The minimum absolute atomic E-state index is 0.0110. The number of para-hydroxylation sites is 3. The lowest BCUT2D eigenvalue weighted by Crippen LogP contribution is -2.32. The number of rotatable bonds is 2. The quantitative estimate of drug-likeness (QED) is 0.210. The molecule has 0 saturated carbocycles. The molecule has 7 aromatic rings. The molecule has 0 aliphatic carbocycles. The fourth-order valence-corrected chi connectivity index (χ4v) is 8.30. The lowest BCUT2D eigenvalue weighted by Gasteiger charge is -2.44. The van der Waals surface area contributed by atoms with E-state index in [1.807, 2.05) is 11.3 Å². The highest BCUT2D eigenvalue weighted by Gasteiger charge is 2.41. The molecule has 41 heavy (non-hydrogen) atoms. The third-order valence-corrected chi connectivity index (χ3v) is 10.4. The van der Waals surface area contributed by atoms with E-state index in [2.05, 4.69) is 144 Å². The molecule has 0 unspecified atom stereocenters. The molecule has 0 atom stereocenters. The summed E-state index contributed by atoms with van der Waals surface area (Å²) in [5, 5.41) is 4.83. The van der Waals surface area contributed by atoms with Crippen LogP contribution in [0.4, 0.5) is 17.1 Å². The van der Waals surface area contributed by atoms with Crippen molar-refractivity contribution < 1.29 is 0 Å². The van der Waals surface area contributed by atoms with Crippen LogP contribution in [0.3, 0.4) is 0 Å². The van der Waals surface area contributed by atoms with Crippen LogP contribution in [-0.2, 0) is 11.8 Å². The van der Waals surface area contributed by atoms with Crippen molar-refractivity contribution in [2.24, 2.45) is 0 Å². The van der Waals surface area contributed by atoms with E-state index in [1.54, 1.807) is 0 Å². The summed E-state index contributed by atoms with van der Waals surface area (Å²) in [6, 6.07) is 42.7. The van der Waals surface area contributed by atoms with Crippen molar-refractivity contribution in [3.05, 3.63) is 142 Å². The van der Waals surface area contributed by atoms with E-state index in [0.717, 1.165) is 6.42 Å². The van der Waals surface area contributed by atoms with Gasteiger partial charge < -0.3 is 9.47 Å². The minimum Gasteiger partial charge on any atom is -0.309 e. The van der Waals surface area contributed by atoms with Crippen molar-refractivity contribution in [1.29, 1.82) is 0 Å². The summed E-state index contributed by atoms with van der Waals surface area (Å²) in [7, 11) is 0. The van der Waals surface area contributed by atoms with Crippen molar-refractivity contribution in [2.75, 3.05) is 4.90 Å². The Hall–Kier alpha value is -4.60. The highest BCUT2D eigenvalue weighted by molar-refractivity contribution is 7.10. The Labute approximate surface area is 243 Å². The Balaban J connectivity index is 1.21. The molecule has 5 aromatic carbocycles. The maximum Gasteiger partial charge on any atom is 0.0610 e. The molecule has 0 N–H and O–H groups in total. The predicted octanol–water partition coefficient (Wildman–Crippen LogP) is 10.5. The molecule has 4 heterocycles. The van der Waals surface area contributed by atoms with Crippen LogP contribution in [0.15, 0.2) is 121 Å². The number of fused-ring (bicyclic) bond motifs is 7. The van der Waals surface area contributed by atoms with Crippen LogP contribution in [0.1, 0.15) is 35.4 Å². The van der Waals surface area contributed by atoms with Crippen LogP contribution < -0.4 is 4.90 Å². The second-order valence-electron chi connectivity index (χ2n) is 11.8. The Kier molecular flexibility index (Phi) is 4.64. The van der Waals surface area contributed by atoms with E-state index < -0.39 is 0 Å². The molecule has 9 rings (SSSR count). The molecule has 0 amide bonds. The van der Waals surface area contributed by atoms with Crippen LogP contribution in [0.5, 0.6) is 0 Å². The number of thiophene rings is 1. The summed E-state index contributed by atoms with van der Waals surface area (Å²) in [6.45, 7) is 4.75. The summed E-state index contributed by atoms with van der Waals surface area (Å²) in [5.74, 6) is 0. The molecule has 3 heteroatoms. The van der Waals surface area contributed by atoms with Crippen LogP contribution >= 0.6 is 11.3 Å². The average molecular weight is 545 g/mol. The van der Waals surface area contributed by atoms with Gasteiger partial charge in [0.2, 0.25) is 0 Å². The van der Waals surface area contributed by atoms with Gasteiger partial charge >= 0.3 is 0 Å². The van der Waals surface area contributed by atoms with Crippen LogP contribution in [0, 0.1) is 0 Å². The van der Waals surface area contributed by atoms with Crippen molar-refractivity contribution >= 4 is 50.2 Å². The van der Waals surface area contributed by atoms with Gasteiger partial charge in [0.15, 0.2) is 0 Å². The first-order valence-electron chi connectivity index (χ1n) is 14.3. The zero-order valence-corrected chi connectivity index (χ0v) is 23.9. The first-order chi connectivity index (χ1) is 20.1. The van der Waals surface area contributed by atoms with Gasteiger partial charge in [0, 0.05) is 38.9 Å². The zero-order chi connectivity index (χ0) is 27.3. The second-order valence-corrected chi connectivity index (χ2v) is 12.8. The molecule has 0 saturated heterocycles. The normalized spacial score (nSPS) is 14.6. The minimum atomic E-state index is 0.0110. The van der Waals surface area contributed by atoms with Crippen molar-refractivity contribution in [3.8, 4) is 16.8 Å². The fourth-order valence-electron chi connectivity index (χ4n) is 7.28. The third-order valence-electron chi connectivity index (χ3n) is 9.19. The number of aromatic nitrogens is 1. The molecule has 2 aromatic heterocycles. The molecule has 2 nitrogen and oxygen atoms in total. The smallest absolute Gasteiger partial charge is 0.0610 e. The molecule has 0 spiro atoms. The van der Waals surface area contributed by atoms with Gasteiger partial charge in [-0.2, -0.15) is 0 Å². The maximum atomic E-state index is 2.53. The van der Waals surface area contributed by atoms with Crippen LogP contribution in [0.25, 0.3) is 38.6 Å². The molecule has 2 aliphatic rings. The van der Waals surface area contributed by atoms with E-state index in [1.165, 1.54) is 77.2 Å². The van der Waals surface area contributed by atoms with Gasteiger partial charge in [-0.25, -0.2) is 0 Å². The Morgan fingerprint density at radius 2 is 1.41 bits per heavy atom. The summed E-state index contributed by atoms with van der Waals surface area (Å²) in [5.41, 5.74) is 14.5. The molecule has 2 aliphatic heterocycles. The number of hydrogen-bond acceptors (Lipinski definition) is 2. The van der Waals surface area contributed by atoms with Gasteiger partial charge in [-0.15, -0.1) is 11.3 Å². The molecule has 0 fully saturated rings. The van der Waals surface area contributed by atoms with Crippen LogP contribution in [-0.4, -0.2) is 4.57 Å². The first-order valence-corrected chi connectivity index (χ1v) is 15.2. The summed E-state index contributed by atoms with van der Waals surface area (Å²) in [4.78, 5) is 3.97. The van der Waals surface area contributed by atoms with Gasteiger partial charge in [0.05, 0.1) is 22.4 Å². The van der Waals surface area contributed by atoms with Gasteiger partial charge in [-0.05, 0) is 81.7 Å². The van der Waals surface area contributed by atoms with E-state index in [9.17, 15) is 0 Å². The lowest BCUT2D eigenvalue weighted by molar-refractivity contribution is 0.644. The number of benzene rings is 5. The molecular weight excluding hydrogens is 516 g/mol. The lowest BCUT2D eigenvalue weighted by atomic mass is 9.75.